The van der Waals surface area contributed by atoms with Crippen LogP contribution in [0.15, 0.2) is 134 Å². The first-order valence-electron chi connectivity index (χ1n) is 13.3. The van der Waals surface area contributed by atoms with Crippen LogP contribution in [-0.2, 0) is 0 Å². The molecule has 5 nitrogen and oxygen atoms in total. The molecule has 0 saturated carbocycles. The Morgan fingerprint density at radius 3 is 2.31 bits per heavy atom. The molecular weight excluding hydrogens is 478 g/mol. The van der Waals surface area contributed by atoms with Gasteiger partial charge in [0.15, 0.2) is 5.82 Å². The lowest BCUT2D eigenvalue weighted by molar-refractivity contribution is 0.598. The second-order valence-electron chi connectivity index (χ2n) is 9.95. The fourth-order valence-corrected chi connectivity index (χ4v) is 6.00. The molecule has 0 amide bonds. The van der Waals surface area contributed by atoms with Crippen LogP contribution < -0.4 is 0 Å². The zero-order chi connectivity index (χ0) is 25.8. The summed E-state index contributed by atoms with van der Waals surface area (Å²) < 4.78 is 6.87. The molecule has 1 aliphatic carbocycles. The summed E-state index contributed by atoms with van der Waals surface area (Å²) in [6.07, 6.45) is 11.7. The molecule has 0 radical (unpaired) electrons. The van der Waals surface area contributed by atoms with Crippen molar-refractivity contribution in [3.8, 4) is 23.0 Å². The lowest BCUT2D eigenvalue weighted by atomic mass is 10.1. The first-order chi connectivity index (χ1) is 19.4. The van der Waals surface area contributed by atoms with Crippen molar-refractivity contribution >= 4 is 32.7 Å². The van der Waals surface area contributed by atoms with E-state index in [0.29, 0.717) is 0 Å². The molecule has 1 unspecified atom stereocenters. The SMILES string of the molecule is C1=CCC(n2c(-c3ccccc3)nnc2-n2ccc3ccc4c(c5ccccc5n4-c4ccccc4)c32)C=C1. The second kappa shape index (κ2) is 8.71. The van der Waals surface area contributed by atoms with Crippen LogP contribution in [0.25, 0.3) is 55.7 Å². The summed E-state index contributed by atoms with van der Waals surface area (Å²) in [6.45, 7) is 0. The quantitative estimate of drug-likeness (QED) is 0.244. The molecule has 3 aromatic heterocycles. The highest BCUT2D eigenvalue weighted by Gasteiger charge is 2.24. The highest BCUT2D eigenvalue weighted by Crippen LogP contribution is 2.39. The van der Waals surface area contributed by atoms with Gasteiger partial charge < -0.3 is 4.57 Å². The van der Waals surface area contributed by atoms with Crippen LogP contribution in [0.5, 0.6) is 0 Å². The van der Waals surface area contributed by atoms with Crippen molar-refractivity contribution in [1.29, 1.82) is 0 Å². The fraction of sp³-hybridized carbons (Fsp3) is 0.0588. The number of aromatic nitrogens is 5. The van der Waals surface area contributed by atoms with Crippen LogP contribution in [0.4, 0.5) is 0 Å². The van der Waals surface area contributed by atoms with Crippen molar-refractivity contribution in [1.82, 2.24) is 23.9 Å². The van der Waals surface area contributed by atoms with E-state index in [1.807, 2.05) is 6.07 Å². The summed E-state index contributed by atoms with van der Waals surface area (Å²) in [5, 5.41) is 13.2. The van der Waals surface area contributed by atoms with E-state index >= 15 is 0 Å². The number of hydrogen-bond donors (Lipinski definition) is 0. The molecule has 5 heteroatoms. The van der Waals surface area contributed by atoms with Gasteiger partial charge in [-0.05, 0) is 36.8 Å². The molecule has 0 bridgehead atoms. The van der Waals surface area contributed by atoms with Gasteiger partial charge in [0.25, 0.3) is 0 Å². The predicted molar refractivity (Wildman–Crippen MR) is 159 cm³/mol. The molecule has 1 aliphatic rings. The Kier molecular flexibility index (Phi) is 4.88. The third-order valence-corrected chi connectivity index (χ3v) is 7.72. The average Bonchev–Trinajstić information content (AvgIpc) is 3.72. The summed E-state index contributed by atoms with van der Waals surface area (Å²) >= 11 is 0. The summed E-state index contributed by atoms with van der Waals surface area (Å²) in [5.41, 5.74) is 5.70. The highest BCUT2D eigenvalue weighted by molar-refractivity contribution is 6.20. The molecule has 0 aliphatic heterocycles. The highest BCUT2D eigenvalue weighted by atomic mass is 15.4. The second-order valence-corrected chi connectivity index (χ2v) is 9.95. The largest absolute Gasteiger partial charge is 0.309 e. The summed E-state index contributed by atoms with van der Waals surface area (Å²) in [7, 11) is 0. The Hall–Kier alpha value is -5.16. The van der Waals surface area contributed by atoms with Gasteiger partial charge in [-0.1, -0.05) is 97.1 Å². The van der Waals surface area contributed by atoms with Gasteiger partial charge in [-0.15, -0.1) is 10.2 Å². The van der Waals surface area contributed by atoms with Gasteiger partial charge in [0.05, 0.1) is 22.6 Å². The van der Waals surface area contributed by atoms with E-state index in [9.17, 15) is 0 Å². The molecular formula is C34H25N5. The van der Waals surface area contributed by atoms with Crippen molar-refractivity contribution in [2.75, 3.05) is 0 Å². The Morgan fingerprint density at radius 2 is 1.49 bits per heavy atom. The van der Waals surface area contributed by atoms with E-state index in [1.165, 1.54) is 27.2 Å². The van der Waals surface area contributed by atoms with Crippen LogP contribution in [0.2, 0.25) is 0 Å². The van der Waals surface area contributed by atoms with Crippen LogP contribution >= 0.6 is 0 Å². The summed E-state index contributed by atoms with van der Waals surface area (Å²) in [4.78, 5) is 0. The van der Waals surface area contributed by atoms with Crippen LogP contribution in [-0.4, -0.2) is 23.9 Å². The minimum atomic E-state index is 0.123. The van der Waals surface area contributed by atoms with Crippen molar-refractivity contribution in [2.24, 2.45) is 0 Å². The molecule has 7 aromatic rings. The Balaban J connectivity index is 1.46. The standard InChI is InChI=1S/C34H25N5/c1-4-12-25(13-5-1)33-35-36-34(39(33)27-16-8-3-9-17-27)37-23-22-24-20-21-30-31(32(24)37)28-18-10-11-19-29(28)38(30)26-14-6-2-7-15-26/h1-16,18-23,27H,17H2. The summed E-state index contributed by atoms with van der Waals surface area (Å²) in [6, 6.07) is 36.4. The smallest absolute Gasteiger partial charge is 0.236 e. The van der Waals surface area contributed by atoms with E-state index in [2.05, 4.69) is 141 Å². The maximum Gasteiger partial charge on any atom is 0.236 e. The zero-order valence-corrected chi connectivity index (χ0v) is 21.2. The minimum Gasteiger partial charge on any atom is -0.309 e. The van der Waals surface area contributed by atoms with E-state index in [0.717, 1.165) is 35.0 Å². The zero-order valence-electron chi connectivity index (χ0n) is 21.2. The first kappa shape index (κ1) is 21.9. The molecule has 8 rings (SSSR count). The molecule has 39 heavy (non-hydrogen) atoms. The first-order valence-corrected chi connectivity index (χ1v) is 13.3. The molecule has 4 aromatic carbocycles. The van der Waals surface area contributed by atoms with Crippen molar-refractivity contribution in [2.45, 2.75) is 12.5 Å². The topological polar surface area (TPSA) is 40.6 Å². The van der Waals surface area contributed by atoms with Gasteiger partial charge in [0, 0.05) is 33.6 Å². The van der Waals surface area contributed by atoms with Gasteiger partial charge in [-0.25, -0.2) is 0 Å². The molecule has 0 saturated heterocycles. The number of allylic oxidation sites excluding steroid dienone is 4. The lowest BCUT2D eigenvalue weighted by Gasteiger charge is -2.20. The number of benzene rings is 4. The van der Waals surface area contributed by atoms with Gasteiger partial charge >= 0.3 is 0 Å². The summed E-state index contributed by atoms with van der Waals surface area (Å²) in [5.74, 6) is 1.69. The molecule has 1 atom stereocenters. The Labute approximate surface area is 225 Å². The molecule has 186 valence electrons. The third kappa shape index (κ3) is 3.33. The van der Waals surface area contributed by atoms with Crippen LogP contribution in [0.1, 0.15) is 12.5 Å². The lowest BCUT2D eigenvalue weighted by Crippen LogP contribution is -2.14. The third-order valence-electron chi connectivity index (χ3n) is 7.72. The van der Waals surface area contributed by atoms with Gasteiger partial charge in [-0.3, -0.25) is 9.13 Å². The van der Waals surface area contributed by atoms with E-state index in [4.69, 9.17) is 10.2 Å². The number of fused-ring (bicyclic) bond motifs is 5. The maximum absolute atomic E-state index is 4.82. The number of hydrogen-bond acceptors (Lipinski definition) is 2. The fourth-order valence-electron chi connectivity index (χ4n) is 6.00. The van der Waals surface area contributed by atoms with Crippen LogP contribution in [0, 0.1) is 0 Å². The van der Waals surface area contributed by atoms with Gasteiger partial charge in [0.1, 0.15) is 0 Å². The molecule has 0 spiro atoms. The molecule has 3 heterocycles. The monoisotopic (exact) mass is 503 g/mol. The van der Waals surface area contributed by atoms with E-state index in [1.54, 1.807) is 0 Å². The average molecular weight is 504 g/mol. The van der Waals surface area contributed by atoms with E-state index < -0.39 is 0 Å². The van der Waals surface area contributed by atoms with Crippen molar-refractivity contribution in [3.05, 3.63) is 134 Å². The van der Waals surface area contributed by atoms with Gasteiger partial charge in [-0.2, -0.15) is 0 Å². The Morgan fingerprint density at radius 1 is 0.692 bits per heavy atom. The molecule has 0 N–H and O–H groups in total. The van der Waals surface area contributed by atoms with Crippen molar-refractivity contribution < 1.29 is 0 Å². The predicted octanol–water partition coefficient (Wildman–Crippen LogP) is 8.04. The molecule has 0 fully saturated rings. The maximum atomic E-state index is 4.82. The Bertz CT molecular complexity index is 2040. The van der Waals surface area contributed by atoms with Gasteiger partial charge in [0.2, 0.25) is 5.95 Å². The van der Waals surface area contributed by atoms with Crippen molar-refractivity contribution in [3.63, 3.8) is 0 Å². The minimum absolute atomic E-state index is 0.123. The normalized spacial score (nSPS) is 15.1. The van der Waals surface area contributed by atoms with Crippen LogP contribution in [0.3, 0.4) is 0 Å². The number of nitrogens with zero attached hydrogens (tertiary/aromatic N) is 5. The van der Waals surface area contributed by atoms with E-state index in [-0.39, 0.29) is 6.04 Å². The number of para-hydroxylation sites is 2. The number of rotatable bonds is 4.